The van der Waals surface area contributed by atoms with Gasteiger partial charge in [-0.3, -0.25) is 0 Å². The fourth-order valence-corrected chi connectivity index (χ4v) is 3.60. The average molecular weight is 324 g/mol. The van der Waals surface area contributed by atoms with Gasteiger partial charge in [0.25, 0.3) is 0 Å². The molecule has 18 heavy (non-hydrogen) atoms. The lowest BCUT2D eigenvalue weighted by Gasteiger charge is -2.16. The Morgan fingerprint density at radius 1 is 1.06 bits per heavy atom. The van der Waals surface area contributed by atoms with Crippen molar-refractivity contribution in [3.63, 3.8) is 0 Å². The summed E-state index contributed by atoms with van der Waals surface area (Å²) in [6.45, 7) is 4.32. The molecule has 0 aliphatic heterocycles. The normalized spacial score (nSPS) is 12.4. The van der Waals surface area contributed by atoms with Gasteiger partial charge < -0.3 is 0 Å². The molecule has 2 heteroatoms. The maximum absolute atomic E-state index is 6.02. The minimum atomic E-state index is 0.331. The minimum absolute atomic E-state index is 0.331. The molecule has 0 heterocycles. The first-order valence-corrected chi connectivity index (χ1v) is 7.32. The summed E-state index contributed by atoms with van der Waals surface area (Å²) in [7, 11) is 0. The van der Waals surface area contributed by atoms with E-state index in [-0.39, 0.29) is 0 Å². The van der Waals surface area contributed by atoms with Crippen molar-refractivity contribution in [2.45, 2.75) is 25.1 Å². The van der Waals surface area contributed by atoms with Gasteiger partial charge in [0.15, 0.2) is 0 Å². The molecule has 0 radical (unpaired) electrons. The van der Waals surface area contributed by atoms with Crippen LogP contribution in [0.2, 0.25) is 5.02 Å². The van der Waals surface area contributed by atoms with Crippen molar-refractivity contribution in [3.05, 3.63) is 69.7 Å². The van der Waals surface area contributed by atoms with Crippen LogP contribution in [-0.2, 0) is 6.42 Å². The van der Waals surface area contributed by atoms with Gasteiger partial charge in [0.05, 0.1) is 0 Å². The third kappa shape index (κ3) is 3.15. The molecule has 2 aromatic carbocycles. The third-order valence-corrected chi connectivity index (χ3v) is 4.18. The molecule has 2 aromatic rings. The van der Waals surface area contributed by atoms with Crippen LogP contribution in [0.25, 0.3) is 0 Å². The van der Waals surface area contributed by atoms with Gasteiger partial charge >= 0.3 is 0 Å². The zero-order valence-electron chi connectivity index (χ0n) is 10.6. The predicted molar refractivity (Wildman–Crippen MR) is 82.7 cm³/mol. The molecule has 1 atom stereocenters. The van der Waals surface area contributed by atoms with Crippen LogP contribution >= 0.6 is 27.5 Å². The summed E-state index contributed by atoms with van der Waals surface area (Å²) >= 11 is 9.83. The van der Waals surface area contributed by atoms with Crippen LogP contribution in [0.4, 0.5) is 0 Å². The van der Waals surface area contributed by atoms with E-state index < -0.39 is 0 Å². The first-order valence-electron chi connectivity index (χ1n) is 6.02. The van der Waals surface area contributed by atoms with Crippen molar-refractivity contribution in [1.82, 2.24) is 0 Å². The maximum Gasteiger partial charge on any atom is 0.0440 e. The summed E-state index contributed by atoms with van der Waals surface area (Å²) in [6, 6.07) is 14.5. The number of hydrogen-bond donors (Lipinski definition) is 0. The molecule has 0 saturated carbocycles. The maximum atomic E-state index is 6.02. The highest BCUT2D eigenvalue weighted by atomic mass is 79.9. The van der Waals surface area contributed by atoms with Crippen LogP contribution < -0.4 is 0 Å². The molecule has 0 amide bonds. The molecule has 1 unspecified atom stereocenters. The standard InChI is InChI=1S/C16H16BrCl/c1-11-5-3-6-12(2)16(11)15(17)10-13-7-4-8-14(18)9-13/h3-9,15H,10H2,1-2H3. The monoisotopic (exact) mass is 322 g/mol. The van der Waals surface area contributed by atoms with Crippen LogP contribution in [-0.4, -0.2) is 0 Å². The number of aryl methyl sites for hydroxylation is 2. The first kappa shape index (κ1) is 13.6. The molecule has 0 aliphatic carbocycles. The van der Waals surface area contributed by atoms with Crippen molar-refractivity contribution in [2.24, 2.45) is 0 Å². The topological polar surface area (TPSA) is 0 Å². The number of halogens is 2. The quantitative estimate of drug-likeness (QED) is 0.642. The van der Waals surface area contributed by atoms with E-state index in [2.05, 4.69) is 54.0 Å². The molecule has 0 aromatic heterocycles. The van der Waals surface area contributed by atoms with Gasteiger partial charge in [-0.2, -0.15) is 0 Å². The van der Waals surface area contributed by atoms with Gasteiger partial charge in [-0.15, -0.1) is 0 Å². The second kappa shape index (κ2) is 5.90. The fraction of sp³-hybridized carbons (Fsp3) is 0.250. The Kier molecular flexibility index (Phi) is 4.47. The molecule has 0 spiro atoms. The second-order valence-electron chi connectivity index (χ2n) is 4.61. The summed E-state index contributed by atoms with van der Waals surface area (Å²) in [5.74, 6) is 0. The smallest absolute Gasteiger partial charge is 0.0440 e. The zero-order chi connectivity index (χ0) is 13.1. The van der Waals surface area contributed by atoms with Gasteiger partial charge in [0, 0.05) is 9.85 Å². The van der Waals surface area contributed by atoms with Crippen LogP contribution in [0.15, 0.2) is 42.5 Å². The lowest BCUT2D eigenvalue weighted by molar-refractivity contribution is 0.927. The Labute approximate surface area is 122 Å². The van der Waals surface area contributed by atoms with Crippen molar-refractivity contribution in [1.29, 1.82) is 0 Å². The minimum Gasteiger partial charge on any atom is -0.0843 e. The lowest BCUT2D eigenvalue weighted by Crippen LogP contribution is -2.00. The Balaban J connectivity index is 2.25. The third-order valence-electron chi connectivity index (χ3n) is 3.16. The molecule has 0 bridgehead atoms. The average Bonchev–Trinajstić information content (AvgIpc) is 2.28. The Hall–Kier alpha value is -0.790. The molecular formula is C16H16BrCl. The molecule has 0 N–H and O–H groups in total. The molecule has 0 nitrogen and oxygen atoms in total. The SMILES string of the molecule is Cc1cccc(C)c1C(Br)Cc1cccc(Cl)c1. The predicted octanol–water partition coefficient (Wildman–Crippen LogP) is 5.64. The van der Waals surface area contributed by atoms with E-state index >= 15 is 0 Å². The van der Waals surface area contributed by atoms with Crippen molar-refractivity contribution in [3.8, 4) is 0 Å². The molecule has 0 saturated heterocycles. The number of hydrogen-bond acceptors (Lipinski definition) is 0. The van der Waals surface area contributed by atoms with Gasteiger partial charge in [-0.05, 0) is 54.7 Å². The molecule has 0 fully saturated rings. The Bertz CT molecular complexity index is 528. The Morgan fingerprint density at radius 3 is 2.28 bits per heavy atom. The molecular weight excluding hydrogens is 308 g/mol. The number of rotatable bonds is 3. The summed E-state index contributed by atoms with van der Waals surface area (Å²) in [5, 5.41) is 0.800. The highest BCUT2D eigenvalue weighted by Gasteiger charge is 2.13. The van der Waals surface area contributed by atoms with E-state index in [1.165, 1.54) is 22.3 Å². The van der Waals surface area contributed by atoms with E-state index in [0.717, 1.165) is 11.4 Å². The van der Waals surface area contributed by atoms with E-state index in [0.29, 0.717) is 4.83 Å². The van der Waals surface area contributed by atoms with Gasteiger partial charge in [-0.25, -0.2) is 0 Å². The lowest BCUT2D eigenvalue weighted by atomic mass is 9.96. The van der Waals surface area contributed by atoms with Crippen LogP contribution in [0.3, 0.4) is 0 Å². The first-order chi connectivity index (χ1) is 8.58. The van der Waals surface area contributed by atoms with Crippen LogP contribution in [0, 0.1) is 13.8 Å². The van der Waals surface area contributed by atoms with Gasteiger partial charge in [0.1, 0.15) is 0 Å². The van der Waals surface area contributed by atoms with Gasteiger partial charge in [0.2, 0.25) is 0 Å². The summed E-state index contributed by atoms with van der Waals surface area (Å²) in [4.78, 5) is 0.331. The molecule has 94 valence electrons. The van der Waals surface area contributed by atoms with Crippen molar-refractivity contribution < 1.29 is 0 Å². The summed E-state index contributed by atoms with van der Waals surface area (Å²) < 4.78 is 0. The Morgan fingerprint density at radius 2 is 1.67 bits per heavy atom. The van der Waals surface area contributed by atoms with Gasteiger partial charge in [-0.1, -0.05) is 57.9 Å². The fourth-order valence-electron chi connectivity index (χ4n) is 2.29. The number of benzene rings is 2. The van der Waals surface area contributed by atoms with E-state index in [9.17, 15) is 0 Å². The highest BCUT2D eigenvalue weighted by Crippen LogP contribution is 2.32. The van der Waals surface area contributed by atoms with Crippen LogP contribution in [0.1, 0.15) is 27.1 Å². The summed E-state index contributed by atoms with van der Waals surface area (Å²) in [6.07, 6.45) is 0.951. The molecule has 2 rings (SSSR count). The summed E-state index contributed by atoms with van der Waals surface area (Å²) in [5.41, 5.74) is 5.31. The zero-order valence-corrected chi connectivity index (χ0v) is 12.9. The van der Waals surface area contributed by atoms with E-state index in [1.54, 1.807) is 0 Å². The van der Waals surface area contributed by atoms with Crippen LogP contribution in [0.5, 0.6) is 0 Å². The highest BCUT2D eigenvalue weighted by molar-refractivity contribution is 9.09. The number of alkyl halides is 1. The molecule has 0 aliphatic rings. The van der Waals surface area contributed by atoms with E-state index in [4.69, 9.17) is 11.6 Å². The largest absolute Gasteiger partial charge is 0.0843 e. The van der Waals surface area contributed by atoms with Crippen molar-refractivity contribution in [2.75, 3.05) is 0 Å². The second-order valence-corrected chi connectivity index (χ2v) is 6.15. The van der Waals surface area contributed by atoms with E-state index in [1.807, 2.05) is 18.2 Å². The van der Waals surface area contributed by atoms with Crippen molar-refractivity contribution >= 4 is 27.5 Å².